The first-order valence-corrected chi connectivity index (χ1v) is 9.67. The first-order chi connectivity index (χ1) is 13.7. The molecule has 1 aliphatic rings. The molecule has 0 unspecified atom stereocenters. The average Bonchev–Trinajstić information content (AvgIpc) is 2.75. The van der Waals surface area contributed by atoms with E-state index in [0.717, 1.165) is 56.7 Å². The van der Waals surface area contributed by atoms with E-state index in [9.17, 15) is 0 Å². The summed E-state index contributed by atoms with van der Waals surface area (Å²) in [6, 6.07) is 16.6. The first kappa shape index (κ1) is 23.3. The maximum Gasteiger partial charge on any atom is 0.193 e. The number of benzene rings is 2. The van der Waals surface area contributed by atoms with Crippen LogP contribution in [0.15, 0.2) is 53.5 Å². The van der Waals surface area contributed by atoms with E-state index in [2.05, 4.69) is 50.4 Å². The van der Waals surface area contributed by atoms with Crippen molar-refractivity contribution in [2.75, 3.05) is 52.4 Å². The zero-order valence-corrected chi connectivity index (χ0v) is 19.8. The molecule has 1 N–H and O–H groups in total. The summed E-state index contributed by atoms with van der Waals surface area (Å²) in [4.78, 5) is 8.95. The molecular formula is C22H31IN4O2. The van der Waals surface area contributed by atoms with Gasteiger partial charge in [-0.2, -0.15) is 0 Å². The number of guanidine groups is 1. The summed E-state index contributed by atoms with van der Waals surface area (Å²) in [5.41, 5.74) is 3.65. The highest BCUT2D eigenvalue weighted by molar-refractivity contribution is 14.0. The van der Waals surface area contributed by atoms with Crippen molar-refractivity contribution in [1.29, 1.82) is 0 Å². The summed E-state index contributed by atoms with van der Waals surface area (Å²) in [5, 5.41) is 3.50. The molecule has 0 saturated carbocycles. The van der Waals surface area contributed by atoms with E-state index in [0.29, 0.717) is 0 Å². The average molecular weight is 510 g/mol. The number of methoxy groups -OCH3 is 1. The van der Waals surface area contributed by atoms with Crippen molar-refractivity contribution in [3.05, 3.63) is 59.7 Å². The monoisotopic (exact) mass is 510 g/mol. The van der Waals surface area contributed by atoms with Crippen molar-refractivity contribution in [2.24, 2.45) is 4.99 Å². The van der Waals surface area contributed by atoms with E-state index >= 15 is 0 Å². The minimum absolute atomic E-state index is 0. The smallest absolute Gasteiger partial charge is 0.193 e. The van der Waals surface area contributed by atoms with E-state index in [4.69, 9.17) is 9.47 Å². The fourth-order valence-electron chi connectivity index (χ4n) is 3.50. The van der Waals surface area contributed by atoms with Gasteiger partial charge in [0.05, 0.1) is 20.3 Å². The summed E-state index contributed by atoms with van der Waals surface area (Å²) in [5.74, 6) is 1.74. The maximum atomic E-state index is 5.49. The second-order valence-electron chi connectivity index (χ2n) is 6.80. The largest absolute Gasteiger partial charge is 0.496 e. The Morgan fingerprint density at radius 1 is 1.10 bits per heavy atom. The Morgan fingerprint density at radius 2 is 1.76 bits per heavy atom. The molecular weight excluding hydrogens is 479 g/mol. The highest BCUT2D eigenvalue weighted by Gasteiger charge is 2.15. The molecule has 1 heterocycles. The van der Waals surface area contributed by atoms with Gasteiger partial charge in [0, 0.05) is 51.5 Å². The third-order valence-electron chi connectivity index (χ3n) is 4.95. The Kier molecular flexibility index (Phi) is 9.53. The number of rotatable bonds is 6. The predicted molar refractivity (Wildman–Crippen MR) is 130 cm³/mol. The van der Waals surface area contributed by atoms with Crippen LogP contribution in [0.2, 0.25) is 0 Å². The van der Waals surface area contributed by atoms with Gasteiger partial charge in [-0.25, -0.2) is 0 Å². The van der Waals surface area contributed by atoms with Crippen LogP contribution in [0.3, 0.4) is 0 Å². The number of anilines is 1. The fraction of sp³-hybridized carbons (Fsp3) is 0.409. The molecule has 29 heavy (non-hydrogen) atoms. The molecule has 2 aromatic rings. The van der Waals surface area contributed by atoms with Gasteiger partial charge in [-0.1, -0.05) is 36.4 Å². The van der Waals surface area contributed by atoms with Crippen LogP contribution in [0.5, 0.6) is 5.75 Å². The molecule has 2 aromatic carbocycles. The van der Waals surface area contributed by atoms with Crippen LogP contribution in [0.4, 0.5) is 5.69 Å². The van der Waals surface area contributed by atoms with Crippen LogP contribution in [0.25, 0.3) is 0 Å². The van der Waals surface area contributed by atoms with E-state index in [1.165, 1.54) is 11.3 Å². The number of hydrogen-bond acceptors (Lipinski definition) is 4. The molecule has 0 spiro atoms. The van der Waals surface area contributed by atoms with Gasteiger partial charge in [-0.05, 0) is 17.7 Å². The molecule has 0 aromatic heterocycles. The van der Waals surface area contributed by atoms with Crippen LogP contribution in [0.1, 0.15) is 11.1 Å². The quantitative estimate of drug-likeness (QED) is 0.367. The van der Waals surface area contributed by atoms with Gasteiger partial charge in [0.1, 0.15) is 5.75 Å². The minimum atomic E-state index is 0. The van der Waals surface area contributed by atoms with Gasteiger partial charge in [0.25, 0.3) is 0 Å². The van der Waals surface area contributed by atoms with Crippen LogP contribution in [0, 0.1) is 0 Å². The molecule has 0 radical (unpaired) electrons. The molecule has 0 amide bonds. The van der Waals surface area contributed by atoms with Crippen molar-refractivity contribution in [3.8, 4) is 5.75 Å². The molecule has 3 rings (SSSR count). The fourth-order valence-corrected chi connectivity index (χ4v) is 3.50. The number of nitrogens with one attached hydrogen (secondary N) is 1. The third-order valence-corrected chi connectivity index (χ3v) is 4.95. The number of ether oxygens (including phenoxy) is 2. The summed E-state index contributed by atoms with van der Waals surface area (Å²) < 4.78 is 11.0. The van der Waals surface area contributed by atoms with E-state index < -0.39 is 0 Å². The third kappa shape index (κ3) is 6.24. The minimum Gasteiger partial charge on any atom is -0.496 e. The van der Waals surface area contributed by atoms with Crippen LogP contribution in [-0.2, 0) is 17.8 Å². The highest BCUT2D eigenvalue weighted by atomic mass is 127. The summed E-state index contributed by atoms with van der Waals surface area (Å²) in [7, 11) is 5.55. The summed E-state index contributed by atoms with van der Waals surface area (Å²) in [6.07, 6.45) is 0. The number of hydrogen-bond donors (Lipinski definition) is 1. The second kappa shape index (κ2) is 11.9. The lowest BCUT2D eigenvalue weighted by molar-refractivity contribution is 0.122. The van der Waals surface area contributed by atoms with Crippen molar-refractivity contribution < 1.29 is 9.47 Å². The molecule has 1 aliphatic heterocycles. The first-order valence-electron chi connectivity index (χ1n) is 9.67. The normalized spacial score (nSPS) is 14.2. The molecule has 0 atom stereocenters. The van der Waals surface area contributed by atoms with Crippen LogP contribution >= 0.6 is 24.0 Å². The Labute approximate surface area is 190 Å². The number of halogens is 1. The Hall–Kier alpha value is -2.00. The Balaban J connectivity index is 0.00000300. The van der Waals surface area contributed by atoms with Crippen LogP contribution in [-0.4, -0.2) is 58.4 Å². The van der Waals surface area contributed by atoms with Crippen molar-refractivity contribution in [1.82, 2.24) is 10.2 Å². The molecule has 0 bridgehead atoms. The van der Waals surface area contributed by atoms with Crippen LogP contribution < -0.4 is 15.0 Å². The lowest BCUT2D eigenvalue weighted by atomic mass is 10.1. The number of nitrogens with zero attached hydrogens (tertiary/aromatic N) is 3. The second-order valence-corrected chi connectivity index (χ2v) is 6.80. The lowest BCUT2D eigenvalue weighted by Crippen LogP contribution is -2.39. The lowest BCUT2D eigenvalue weighted by Gasteiger charge is -2.31. The van der Waals surface area contributed by atoms with Crippen molar-refractivity contribution in [3.63, 3.8) is 0 Å². The van der Waals surface area contributed by atoms with Gasteiger partial charge in [-0.15, -0.1) is 24.0 Å². The molecule has 6 nitrogen and oxygen atoms in total. The SMILES string of the molecule is CN=C(NCc1ccccc1N1CCOCC1)N(C)Cc1ccccc1OC.I. The van der Waals surface area contributed by atoms with Gasteiger partial charge in [0.2, 0.25) is 0 Å². The molecule has 0 aliphatic carbocycles. The van der Waals surface area contributed by atoms with Crippen molar-refractivity contribution >= 4 is 35.6 Å². The topological polar surface area (TPSA) is 49.3 Å². The molecule has 1 saturated heterocycles. The molecule has 1 fully saturated rings. The number of para-hydroxylation sites is 2. The number of aliphatic imine (C=N–C) groups is 1. The predicted octanol–water partition coefficient (Wildman–Crippen LogP) is 3.36. The van der Waals surface area contributed by atoms with E-state index in [1.807, 2.05) is 32.3 Å². The Bertz CT molecular complexity index is 794. The summed E-state index contributed by atoms with van der Waals surface area (Å²) in [6.45, 7) is 4.86. The maximum absolute atomic E-state index is 5.49. The van der Waals surface area contributed by atoms with Gasteiger partial charge in [0.15, 0.2) is 5.96 Å². The van der Waals surface area contributed by atoms with Gasteiger partial charge < -0.3 is 24.6 Å². The zero-order valence-electron chi connectivity index (χ0n) is 17.4. The standard InChI is InChI=1S/C22H30N4O2.HI/c1-23-22(25(2)17-19-9-5-7-11-21(19)27-3)24-16-18-8-4-6-10-20(18)26-12-14-28-15-13-26;/h4-11H,12-17H2,1-3H3,(H,23,24);1H. The van der Waals surface area contributed by atoms with Crippen molar-refractivity contribution in [2.45, 2.75) is 13.1 Å². The highest BCUT2D eigenvalue weighted by Crippen LogP contribution is 2.22. The summed E-state index contributed by atoms with van der Waals surface area (Å²) >= 11 is 0. The zero-order chi connectivity index (χ0) is 19.8. The molecule has 7 heteroatoms. The Morgan fingerprint density at radius 3 is 2.45 bits per heavy atom. The van der Waals surface area contributed by atoms with E-state index in [1.54, 1.807) is 7.11 Å². The molecule has 158 valence electrons. The van der Waals surface area contributed by atoms with Gasteiger partial charge in [-0.3, -0.25) is 4.99 Å². The number of morpholine rings is 1. The van der Waals surface area contributed by atoms with E-state index in [-0.39, 0.29) is 24.0 Å². The van der Waals surface area contributed by atoms with Gasteiger partial charge >= 0.3 is 0 Å².